The number of hydrogen-bond donors (Lipinski definition) is 0. The fraction of sp³-hybridized carbons (Fsp3) is 0.750. The maximum atomic E-state index is 6.17. The predicted molar refractivity (Wildman–Crippen MR) is 78.6 cm³/mol. The summed E-state index contributed by atoms with van der Waals surface area (Å²) in [5, 5.41) is 0.641. The second kappa shape index (κ2) is 5.78. The van der Waals surface area contributed by atoms with Crippen molar-refractivity contribution < 1.29 is 0 Å². The van der Waals surface area contributed by atoms with E-state index in [1.165, 1.54) is 57.1 Å². The van der Waals surface area contributed by atoms with E-state index < -0.39 is 0 Å². The highest BCUT2D eigenvalue weighted by molar-refractivity contribution is 6.29. The molecule has 0 unspecified atom stereocenters. The normalized spacial score (nSPS) is 27.5. The zero-order chi connectivity index (χ0) is 13.2. The molecular formula is C16H23ClN2. The Morgan fingerprint density at radius 2 is 1.74 bits per heavy atom. The van der Waals surface area contributed by atoms with Crippen LogP contribution in [0.4, 0.5) is 0 Å². The molecule has 0 N–H and O–H groups in total. The second-order valence-electron chi connectivity index (χ2n) is 6.25. The van der Waals surface area contributed by atoms with Crippen LogP contribution in [-0.2, 0) is 0 Å². The number of aromatic nitrogens is 2. The summed E-state index contributed by atoms with van der Waals surface area (Å²) in [5.41, 5.74) is 1.19. The largest absolute Gasteiger partial charge is 0.237 e. The molecule has 0 radical (unpaired) electrons. The lowest BCUT2D eigenvalue weighted by Gasteiger charge is -2.27. The first-order chi connectivity index (χ1) is 9.26. The molecule has 1 heterocycles. The lowest BCUT2D eigenvalue weighted by molar-refractivity contribution is 0.302. The van der Waals surface area contributed by atoms with Crippen LogP contribution in [0.25, 0.3) is 0 Å². The Kier molecular flexibility index (Phi) is 4.07. The van der Waals surface area contributed by atoms with Gasteiger partial charge in [0, 0.05) is 17.5 Å². The maximum Gasteiger partial charge on any atom is 0.133 e. The van der Waals surface area contributed by atoms with Crippen molar-refractivity contribution in [3.05, 3.63) is 22.7 Å². The Morgan fingerprint density at radius 3 is 2.37 bits per heavy atom. The zero-order valence-corrected chi connectivity index (χ0v) is 12.5. The standard InChI is InChI=1S/C16H23ClN2/c1-2-3-11-4-6-13(7-5-11)16-18-14(12-8-9-12)10-15(17)19-16/h10-13H,2-9H2,1H3. The summed E-state index contributed by atoms with van der Waals surface area (Å²) in [5.74, 6) is 3.16. The molecule has 2 fully saturated rings. The summed E-state index contributed by atoms with van der Waals surface area (Å²) in [6.07, 6.45) is 10.4. The molecule has 0 bridgehead atoms. The third-order valence-corrected chi connectivity index (χ3v) is 4.83. The minimum absolute atomic E-state index is 0.546. The molecule has 0 aromatic carbocycles. The molecule has 19 heavy (non-hydrogen) atoms. The van der Waals surface area contributed by atoms with Gasteiger partial charge in [0.1, 0.15) is 11.0 Å². The van der Waals surface area contributed by atoms with Crippen LogP contribution in [0.1, 0.15) is 81.6 Å². The molecule has 3 rings (SSSR count). The van der Waals surface area contributed by atoms with Gasteiger partial charge in [0.15, 0.2) is 0 Å². The summed E-state index contributed by atoms with van der Waals surface area (Å²) in [6.45, 7) is 2.29. The zero-order valence-electron chi connectivity index (χ0n) is 11.7. The Morgan fingerprint density at radius 1 is 1.05 bits per heavy atom. The summed E-state index contributed by atoms with van der Waals surface area (Å²) in [4.78, 5) is 9.29. The number of hydrogen-bond acceptors (Lipinski definition) is 2. The fourth-order valence-corrected chi connectivity index (χ4v) is 3.54. The Hall–Kier alpha value is -0.630. The summed E-state index contributed by atoms with van der Waals surface area (Å²) in [7, 11) is 0. The maximum absolute atomic E-state index is 6.17. The molecule has 2 nitrogen and oxygen atoms in total. The van der Waals surface area contributed by atoms with Crippen LogP contribution in [0, 0.1) is 5.92 Å². The molecule has 2 aliphatic carbocycles. The lowest BCUT2D eigenvalue weighted by atomic mass is 9.80. The summed E-state index contributed by atoms with van der Waals surface area (Å²) < 4.78 is 0. The highest BCUT2D eigenvalue weighted by atomic mass is 35.5. The Bertz CT molecular complexity index is 434. The molecule has 0 spiro atoms. The number of nitrogens with zero attached hydrogens (tertiary/aromatic N) is 2. The first-order valence-corrected chi connectivity index (χ1v) is 8.18. The van der Waals surface area contributed by atoms with Gasteiger partial charge in [0.25, 0.3) is 0 Å². The average molecular weight is 279 g/mol. The van der Waals surface area contributed by atoms with Crippen LogP contribution < -0.4 is 0 Å². The van der Waals surface area contributed by atoms with Crippen molar-refractivity contribution in [1.29, 1.82) is 0 Å². The van der Waals surface area contributed by atoms with Crippen molar-refractivity contribution >= 4 is 11.6 Å². The Balaban J connectivity index is 1.69. The molecule has 0 saturated heterocycles. The van der Waals surface area contributed by atoms with E-state index in [4.69, 9.17) is 16.6 Å². The van der Waals surface area contributed by atoms with E-state index in [1.54, 1.807) is 0 Å². The summed E-state index contributed by atoms with van der Waals surface area (Å²) in [6, 6.07) is 1.96. The van der Waals surface area contributed by atoms with E-state index in [2.05, 4.69) is 11.9 Å². The van der Waals surface area contributed by atoms with Gasteiger partial charge in [-0.15, -0.1) is 0 Å². The summed E-state index contributed by atoms with van der Waals surface area (Å²) >= 11 is 6.17. The molecule has 2 aliphatic rings. The molecule has 3 heteroatoms. The average Bonchev–Trinajstić information content (AvgIpc) is 3.23. The molecule has 0 aliphatic heterocycles. The van der Waals surface area contributed by atoms with Crippen molar-refractivity contribution in [2.24, 2.45) is 5.92 Å². The van der Waals surface area contributed by atoms with E-state index in [9.17, 15) is 0 Å². The first kappa shape index (κ1) is 13.4. The molecule has 1 aromatic heterocycles. The van der Waals surface area contributed by atoms with Crippen LogP contribution in [-0.4, -0.2) is 9.97 Å². The minimum Gasteiger partial charge on any atom is -0.237 e. The second-order valence-corrected chi connectivity index (χ2v) is 6.64. The van der Waals surface area contributed by atoms with Crippen LogP contribution in [0.2, 0.25) is 5.15 Å². The minimum atomic E-state index is 0.546. The van der Waals surface area contributed by atoms with Crippen molar-refractivity contribution in [3.63, 3.8) is 0 Å². The lowest BCUT2D eigenvalue weighted by Crippen LogP contribution is -2.16. The van der Waals surface area contributed by atoms with Gasteiger partial charge in [-0.3, -0.25) is 0 Å². The SMILES string of the molecule is CCCC1CCC(c2nc(Cl)cc(C3CC3)n2)CC1. The van der Waals surface area contributed by atoms with Gasteiger partial charge in [0.2, 0.25) is 0 Å². The third kappa shape index (κ3) is 3.28. The monoisotopic (exact) mass is 278 g/mol. The molecule has 0 amide bonds. The van der Waals surface area contributed by atoms with Crippen LogP contribution in [0.3, 0.4) is 0 Å². The number of rotatable bonds is 4. The van der Waals surface area contributed by atoms with Gasteiger partial charge in [-0.2, -0.15) is 0 Å². The molecule has 0 atom stereocenters. The van der Waals surface area contributed by atoms with Gasteiger partial charge < -0.3 is 0 Å². The Labute approximate surface area is 121 Å². The highest BCUT2D eigenvalue weighted by Gasteiger charge is 2.28. The predicted octanol–water partition coefficient (Wildman–Crippen LogP) is 5.08. The van der Waals surface area contributed by atoms with E-state index in [1.807, 2.05) is 6.07 Å². The molecule has 2 saturated carbocycles. The molecule has 104 valence electrons. The first-order valence-electron chi connectivity index (χ1n) is 7.80. The van der Waals surface area contributed by atoms with Crippen LogP contribution >= 0.6 is 11.6 Å². The van der Waals surface area contributed by atoms with Gasteiger partial charge in [0.05, 0.1) is 0 Å². The van der Waals surface area contributed by atoms with Crippen molar-refractivity contribution in [2.45, 2.75) is 70.1 Å². The van der Waals surface area contributed by atoms with Crippen molar-refractivity contribution in [3.8, 4) is 0 Å². The van der Waals surface area contributed by atoms with Crippen molar-refractivity contribution in [1.82, 2.24) is 9.97 Å². The quantitative estimate of drug-likeness (QED) is 0.718. The van der Waals surface area contributed by atoms with Gasteiger partial charge in [-0.1, -0.05) is 31.4 Å². The number of halogens is 1. The van der Waals surface area contributed by atoms with E-state index in [-0.39, 0.29) is 0 Å². The van der Waals surface area contributed by atoms with Crippen LogP contribution in [0.15, 0.2) is 6.07 Å². The van der Waals surface area contributed by atoms with E-state index in [0.717, 1.165) is 11.7 Å². The smallest absolute Gasteiger partial charge is 0.133 e. The van der Waals surface area contributed by atoms with E-state index >= 15 is 0 Å². The van der Waals surface area contributed by atoms with E-state index in [0.29, 0.717) is 17.0 Å². The topological polar surface area (TPSA) is 25.8 Å². The highest BCUT2D eigenvalue weighted by Crippen LogP contribution is 2.41. The third-order valence-electron chi connectivity index (χ3n) is 4.64. The van der Waals surface area contributed by atoms with Gasteiger partial charge in [-0.05, 0) is 50.5 Å². The van der Waals surface area contributed by atoms with Gasteiger partial charge in [-0.25, -0.2) is 9.97 Å². The van der Waals surface area contributed by atoms with Crippen molar-refractivity contribution in [2.75, 3.05) is 0 Å². The molecule has 1 aromatic rings. The molecular weight excluding hydrogens is 256 g/mol. The van der Waals surface area contributed by atoms with Crippen LogP contribution in [0.5, 0.6) is 0 Å². The fourth-order valence-electron chi connectivity index (χ4n) is 3.34. The van der Waals surface area contributed by atoms with Gasteiger partial charge >= 0.3 is 0 Å².